The van der Waals surface area contributed by atoms with Gasteiger partial charge in [-0.15, -0.1) is 0 Å². The first-order valence-corrected chi connectivity index (χ1v) is 6.39. The zero-order valence-electron chi connectivity index (χ0n) is 11.0. The number of halogens is 3. The van der Waals surface area contributed by atoms with Gasteiger partial charge in [-0.25, -0.2) is 0 Å². The van der Waals surface area contributed by atoms with Crippen molar-refractivity contribution in [2.75, 3.05) is 0 Å². The summed E-state index contributed by atoms with van der Waals surface area (Å²) in [6.45, 7) is 0. The van der Waals surface area contributed by atoms with Crippen LogP contribution in [0.2, 0.25) is 0 Å². The SMILES string of the molecule is [Cl-].[Cl-].[Cl-].[H-].[H-].[H-].[Zr+3][C]1=CC=CC1.[Zr+3][C]1=CC=CC1. The molecule has 0 bridgehead atoms. The van der Waals surface area contributed by atoms with Crippen LogP contribution in [0.1, 0.15) is 17.1 Å². The Morgan fingerprint density at radius 3 is 1.20 bits per heavy atom. The molecular formula is C10H13Cl3Zr2. The zero-order valence-corrected chi connectivity index (χ0v) is 15.2. The summed E-state index contributed by atoms with van der Waals surface area (Å²) in [7, 11) is 0. The quantitative estimate of drug-likeness (QED) is 0.365. The number of allylic oxidation sites excluding steroid dienone is 8. The van der Waals surface area contributed by atoms with E-state index in [1.165, 1.54) is 12.8 Å². The van der Waals surface area contributed by atoms with Gasteiger partial charge in [0.05, 0.1) is 0 Å². The van der Waals surface area contributed by atoms with Crippen LogP contribution >= 0.6 is 0 Å². The molecule has 0 heterocycles. The van der Waals surface area contributed by atoms with Crippen molar-refractivity contribution >= 4 is 0 Å². The standard InChI is InChI=1S/2C5H5.3ClH.2Zr.3H/c2*1-2-4-5-3-1;;;;;;;;/h2*1-3H,4H2;3*1H;;;;;/q;;;;;2*+3;3*-1/p-3. The van der Waals surface area contributed by atoms with Gasteiger partial charge in [-0.05, 0) is 0 Å². The monoisotopic (exact) mass is 418 g/mol. The second kappa shape index (κ2) is 13.7. The third kappa shape index (κ3) is 11.9. The molecule has 5 heteroatoms. The van der Waals surface area contributed by atoms with Crippen LogP contribution in [-0.2, 0) is 49.4 Å². The minimum absolute atomic E-state index is 0. The van der Waals surface area contributed by atoms with Crippen molar-refractivity contribution in [1.82, 2.24) is 0 Å². The topological polar surface area (TPSA) is 0 Å². The van der Waals surface area contributed by atoms with Crippen LogP contribution in [-0.4, -0.2) is 0 Å². The third-order valence-corrected chi connectivity index (χ3v) is 3.37. The van der Waals surface area contributed by atoms with Crippen LogP contribution in [0.3, 0.4) is 0 Å². The van der Waals surface area contributed by atoms with Crippen molar-refractivity contribution in [3.8, 4) is 0 Å². The van der Waals surface area contributed by atoms with E-state index in [0.717, 1.165) is 0 Å². The summed E-state index contributed by atoms with van der Waals surface area (Å²) in [4.78, 5) is 0. The fourth-order valence-corrected chi connectivity index (χ4v) is 1.95. The van der Waals surface area contributed by atoms with Gasteiger partial charge >= 0.3 is 105 Å². The number of hydrogen-bond acceptors (Lipinski definition) is 0. The van der Waals surface area contributed by atoms with Crippen LogP contribution in [0.15, 0.2) is 43.0 Å². The van der Waals surface area contributed by atoms with E-state index in [-0.39, 0.29) is 41.5 Å². The Bertz CT molecular complexity index is 252. The molecule has 0 aromatic heterocycles. The summed E-state index contributed by atoms with van der Waals surface area (Å²) in [6.07, 6.45) is 15.4. The van der Waals surface area contributed by atoms with Gasteiger partial charge in [-0.2, -0.15) is 0 Å². The van der Waals surface area contributed by atoms with Crippen LogP contribution in [0.5, 0.6) is 0 Å². The predicted octanol–water partition coefficient (Wildman–Crippen LogP) is -5.90. The van der Waals surface area contributed by atoms with E-state index in [2.05, 4.69) is 36.5 Å². The van der Waals surface area contributed by atoms with E-state index in [0.29, 0.717) is 0 Å². The Kier molecular flexibility index (Phi) is 19.9. The molecule has 0 N–H and O–H groups in total. The van der Waals surface area contributed by atoms with Crippen molar-refractivity contribution in [1.29, 1.82) is 0 Å². The van der Waals surface area contributed by atoms with E-state index in [1.54, 1.807) is 56.0 Å². The summed E-state index contributed by atoms with van der Waals surface area (Å²) in [5.74, 6) is 0. The van der Waals surface area contributed by atoms with Gasteiger partial charge in [-0.3, -0.25) is 0 Å². The fraction of sp³-hybridized carbons (Fsp3) is 0.200. The van der Waals surface area contributed by atoms with Crippen molar-refractivity contribution in [2.45, 2.75) is 12.8 Å². The average Bonchev–Trinajstić information content (AvgIpc) is 2.63. The number of rotatable bonds is 0. The molecule has 0 amide bonds. The van der Waals surface area contributed by atoms with Crippen molar-refractivity contribution in [3.05, 3.63) is 43.0 Å². The molecule has 15 heavy (non-hydrogen) atoms. The number of hydrogen-bond donors (Lipinski definition) is 0. The molecule has 0 nitrogen and oxygen atoms in total. The predicted molar refractivity (Wildman–Crippen MR) is 47.0 cm³/mol. The fourth-order valence-electron chi connectivity index (χ4n) is 0.894. The van der Waals surface area contributed by atoms with Gasteiger partial charge in [-0.1, -0.05) is 0 Å². The van der Waals surface area contributed by atoms with Crippen LogP contribution in [0.4, 0.5) is 0 Å². The van der Waals surface area contributed by atoms with Gasteiger partial charge in [0, 0.05) is 0 Å². The van der Waals surface area contributed by atoms with Gasteiger partial charge in [0.25, 0.3) is 0 Å². The summed E-state index contributed by atoms with van der Waals surface area (Å²) in [5.41, 5.74) is 0. The van der Waals surface area contributed by atoms with Gasteiger partial charge in [0.2, 0.25) is 0 Å². The first kappa shape index (κ1) is 21.8. The van der Waals surface area contributed by atoms with Crippen LogP contribution in [0.25, 0.3) is 0 Å². The molecule has 0 spiro atoms. The Labute approximate surface area is 145 Å². The van der Waals surface area contributed by atoms with E-state index < -0.39 is 0 Å². The van der Waals surface area contributed by atoms with Crippen molar-refractivity contribution in [3.63, 3.8) is 0 Å². The Balaban J connectivity index is -0.0000000300. The average molecular weight is 422 g/mol. The summed E-state index contributed by atoms with van der Waals surface area (Å²) < 4.78 is 3.12. The normalized spacial score (nSPS) is 14.9. The van der Waals surface area contributed by atoms with E-state index in [9.17, 15) is 0 Å². The first-order valence-electron chi connectivity index (χ1n) is 3.93. The molecule has 82 valence electrons. The van der Waals surface area contributed by atoms with Crippen LogP contribution in [0, 0.1) is 0 Å². The van der Waals surface area contributed by atoms with E-state index in [4.69, 9.17) is 0 Å². The third-order valence-electron chi connectivity index (χ3n) is 1.54. The molecule has 0 aromatic carbocycles. The summed E-state index contributed by atoms with van der Waals surface area (Å²) in [5, 5.41) is 0. The molecule has 0 radical (unpaired) electrons. The molecule has 0 fully saturated rings. The molecule has 0 unspecified atom stereocenters. The van der Waals surface area contributed by atoms with Crippen molar-refractivity contribution in [2.24, 2.45) is 0 Å². The van der Waals surface area contributed by atoms with Gasteiger partial charge in [0.1, 0.15) is 0 Å². The molecule has 2 aliphatic carbocycles. The second-order valence-electron chi connectivity index (χ2n) is 2.65. The molecule has 0 aliphatic heterocycles. The zero-order chi connectivity index (χ0) is 8.81. The van der Waals surface area contributed by atoms with Crippen molar-refractivity contribution < 1.29 is 90.9 Å². The molecular weight excluding hydrogens is 409 g/mol. The molecule has 0 atom stereocenters. The molecule has 0 saturated heterocycles. The molecule has 2 rings (SSSR count). The molecule has 0 saturated carbocycles. The Hall–Kier alpha value is 1.60. The Morgan fingerprint density at radius 1 is 0.800 bits per heavy atom. The van der Waals surface area contributed by atoms with E-state index >= 15 is 0 Å². The second-order valence-corrected chi connectivity index (χ2v) is 5.81. The Morgan fingerprint density at radius 2 is 1.13 bits per heavy atom. The summed E-state index contributed by atoms with van der Waals surface area (Å²) in [6, 6.07) is 0. The van der Waals surface area contributed by atoms with E-state index in [1.807, 2.05) is 0 Å². The van der Waals surface area contributed by atoms with Gasteiger partial charge < -0.3 is 41.5 Å². The molecule has 0 aromatic rings. The maximum absolute atomic E-state index is 2.18. The van der Waals surface area contributed by atoms with Gasteiger partial charge in [0.15, 0.2) is 0 Å². The van der Waals surface area contributed by atoms with Crippen LogP contribution < -0.4 is 37.2 Å². The summed E-state index contributed by atoms with van der Waals surface area (Å²) >= 11 is 3.13. The maximum atomic E-state index is 2.18. The minimum atomic E-state index is 0. The molecule has 2 aliphatic rings. The first-order chi connectivity index (χ1) is 5.79.